The first-order chi connectivity index (χ1) is 9.54. The van der Waals surface area contributed by atoms with Gasteiger partial charge in [-0.15, -0.1) is 0 Å². The number of ether oxygens (including phenoxy) is 1. The molecule has 1 aromatic heterocycles. The van der Waals surface area contributed by atoms with E-state index in [1.54, 1.807) is 6.92 Å². The van der Waals surface area contributed by atoms with E-state index >= 15 is 0 Å². The van der Waals surface area contributed by atoms with Crippen LogP contribution in [-0.2, 0) is 4.74 Å². The molecule has 0 aliphatic heterocycles. The highest BCUT2D eigenvalue weighted by atomic mass is 16.6. The van der Waals surface area contributed by atoms with Crippen LogP contribution in [0.3, 0.4) is 0 Å². The normalized spacial score (nSPS) is 15.5. The van der Waals surface area contributed by atoms with E-state index in [1.807, 2.05) is 6.92 Å². The minimum atomic E-state index is -0.705. The van der Waals surface area contributed by atoms with Crippen LogP contribution >= 0.6 is 0 Å². The summed E-state index contributed by atoms with van der Waals surface area (Å²) in [4.78, 5) is 26.4. The largest absolute Gasteiger partial charge is 0.462 e. The Hall–Kier alpha value is -2.18. The van der Waals surface area contributed by atoms with Crippen molar-refractivity contribution in [2.75, 3.05) is 11.9 Å². The van der Waals surface area contributed by atoms with E-state index in [4.69, 9.17) is 4.74 Å². The second-order valence-corrected chi connectivity index (χ2v) is 4.80. The number of anilines is 1. The molecule has 1 heterocycles. The second kappa shape index (κ2) is 5.85. The molecule has 1 atom stereocenters. The molecular formula is C13H17N3O4. The number of esters is 1. The summed E-state index contributed by atoms with van der Waals surface area (Å²) >= 11 is 0. The van der Waals surface area contributed by atoms with Crippen LogP contribution in [0.2, 0.25) is 0 Å². The molecule has 1 aliphatic carbocycles. The zero-order valence-electron chi connectivity index (χ0n) is 11.5. The Labute approximate surface area is 116 Å². The van der Waals surface area contributed by atoms with Gasteiger partial charge < -0.3 is 10.1 Å². The van der Waals surface area contributed by atoms with E-state index < -0.39 is 10.9 Å². The molecule has 1 aliphatic rings. The molecule has 20 heavy (non-hydrogen) atoms. The highest BCUT2D eigenvalue weighted by Gasteiger charge is 2.32. The summed E-state index contributed by atoms with van der Waals surface area (Å²) in [5.41, 5.74) is -0.393. The van der Waals surface area contributed by atoms with E-state index in [0.29, 0.717) is 5.92 Å². The lowest BCUT2D eigenvalue weighted by Gasteiger charge is -2.14. The summed E-state index contributed by atoms with van der Waals surface area (Å²) in [7, 11) is 0. The number of nitrogens with one attached hydrogen (secondary N) is 1. The third kappa shape index (κ3) is 3.04. The molecule has 7 heteroatoms. The molecule has 108 valence electrons. The first-order valence-corrected chi connectivity index (χ1v) is 6.61. The molecule has 0 aromatic carbocycles. The van der Waals surface area contributed by atoms with Gasteiger partial charge in [-0.05, 0) is 38.7 Å². The average Bonchev–Trinajstić information content (AvgIpc) is 3.22. The SMILES string of the molecule is CCOC(=O)c1ccnc(NC(C)C2CC2)c1[N+](=O)[O-]. The Morgan fingerprint density at radius 1 is 1.65 bits per heavy atom. The van der Waals surface area contributed by atoms with Gasteiger partial charge in [0.1, 0.15) is 5.56 Å². The van der Waals surface area contributed by atoms with Crippen molar-refractivity contribution >= 4 is 17.5 Å². The topological polar surface area (TPSA) is 94.4 Å². The minimum absolute atomic E-state index is 0.0719. The molecule has 0 bridgehead atoms. The summed E-state index contributed by atoms with van der Waals surface area (Å²) in [5, 5.41) is 14.3. The van der Waals surface area contributed by atoms with Gasteiger partial charge in [-0.2, -0.15) is 0 Å². The van der Waals surface area contributed by atoms with Crippen LogP contribution in [0, 0.1) is 16.0 Å². The lowest BCUT2D eigenvalue weighted by atomic mass is 10.2. The lowest BCUT2D eigenvalue weighted by Crippen LogP contribution is -2.20. The highest BCUT2D eigenvalue weighted by Crippen LogP contribution is 2.35. The predicted molar refractivity (Wildman–Crippen MR) is 72.7 cm³/mol. The summed E-state index contributed by atoms with van der Waals surface area (Å²) in [6, 6.07) is 1.40. The van der Waals surface area contributed by atoms with Gasteiger partial charge in [-0.1, -0.05) is 0 Å². The maximum Gasteiger partial charge on any atom is 0.345 e. The van der Waals surface area contributed by atoms with Gasteiger partial charge in [-0.3, -0.25) is 10.1 Å². The monoisotopic (exact) mass is 279 g/mol. The van der Waals surface area contributed by atoms with Crippen LogP contribution < -0.4 is 5.32 Å². The van der Waals surface area contributed by atoms with Gasteiger partial charge in [0.15, 0.2) is 0 Å². The molecule has 0 amide bonds. The third-order valence-corrected chi connectivity index (χ3v) is 3.30. The number of hydrogen-bond acceptors (Lipinski definition) is 6. The molecule has 1 N–H and O–H groups in total. The highest BCUT2D eigenvalue weighted by molar-refractivity contribution is 5.96. The number of pyridine rings is 1. The van der Waals surface area contributed by atoms with Crippen molar-refractivity contribution in [3.8, 4) is 0 Å². The standard InChI is InChI=1S/C13H17N3O4/c1-3-20-13(17)10-6-7-14-12(11(10)16(18)19)15-8(2)9-4-5-9/h6-9H,3-5H2,1-2H3,(H,14,15). The number of carbonyl (C=O) groups is 1. The van der Waals surface area contributed by atoms with Crippen molar-refractivity contribution in [1.29, 1.82) is 0 Å². The average molecular weight is 279 g/mol. The van der Waals surface area contributed by atoms with Gasteiger partial charge in [0.05, 0.1) is 11.5 Å². The molecule has 1 fully saturated rings. The zero-order valence-corrected chi connectivity index (χ0v) is 11.5. The number of aromatic nitrogens is 1. The van der Waals surface area contributed by atoms with Gasteiger partial charge >= 0.3 is 11.7 Å². The van der Waals surface area contributed by atoms with Crippen molar-refractivity contribution in [3.63, 3.8) is 0 Å². The van der Waals surface area contributed by atoms with Gasteiger partial charge in [-0.25, -0.2) is 9.78 Å². The lowest BCUT2D eigenvalue weighted by molar-refractivity contribution is -0.384. The quantitative estimate of drug-likeness (QED) is 0.488. The van der Waals surface area contributed by atoms with Gasteiger partial charge in [0.2, 0.25) is 5.82 Å². The van der Waals surface area contributed by atoms with E-state index in [2.05, 4.69) is 10.3 Å². The van der Waals surface area contributed by atoms with Crippen molar-refractivity contribution in [2.24, 2.45) is 5.92 Å². The predicted octanol–water partition coefficient (Wildman–Crippen LogP) is 2.38. The Morgan fingerprint density at radius 3 is 2.90 bits per heavy atom. The summed E-state index contributed by atoms with van der Waals surface area (Å²) in [5.74, 6) is -0.0636. The Bertz CT molecular complexity index is 528. The third-order valence-electron chi connectivity index (χ3n) is 3.30. The summed E-state index contributed by atoms with van der Waals surface area (Å²) in [6.45, 7) is 3.78. The number of nitro groups is 1. The Morgan fingerprint density at radius 2 is 2.35 bits per heavy atom. The maximum absolute atomic E-state index is 11.8. The number of carbonyl (C=O) groups excluding carboxylic acids is 1. The molecule has 1 aromatic rings. The van der Waals surface area contributed by atoms with Gasteiger partial charge in [0, 0.05) is 12.2 Å². The molecule has 0 saturated heterocycles. The van der Waals surface area contributed by atoms with Crippen molar-refractivity contribution in [3.05, 3.63) is 27.9 Å². The number of nitrogens with zero attached hydrogens (tertiary/aromatic N) is 2. The fourth-order valence-electron chi connectivity index (χ4n) is 2.05. The summed E-state index contributed by atoms with van der Waals surface area (Å²) in [6.07, 6.45) is 3.60. The fourth-order valence-corrected chi connectivity index (χ4v) is 2.05. The number of hydrogen-bond donors (Lipinski definition) is 1. The number of rotatable bonds is 6. The van der Waals surface area contributed by atoms with Crippen LogP contribution in [0.1, 0.15) is 37.0 Å². The van der Waals surface area contributed by atoms with E-state index in [9.17, 15) is 14.9 Å². The van der Waals surface area contributed by atoms with Crippen LogP contribution in [-0.4, -0.2) is 28.5 Å². The molecular weight excluding hydrogens is 262 g/mol. The molecule has 2 rings (SSSR count). The van der Waals surface area contributed by atoms with Crippen molar-refractivity contribution in [2.45, 2.75) is 32.7 Å². The smallest absolute Gasteiger partial charge is 0.345 e. The van der Waals surface area contributed by atoms with E-state index in [1.165, 1.54) is 12.3 Å². The molecule has 7 nitrogen and oxygen atoms in total. The first kappa shape index (κ1) is 14.2. The summed E-state index contributed by atoms with van der Waals surface area (Å²) < 4.78 is 4.84. The van der Waals surface area contributed by atoms with Gasteiger partial charge in [0.25, 0.3) is 0 Å². The minimum Gasteiger partial charge on any atom is -0.462 e. The molecule has 0 spiro atoms. The van der Waals surface area contributed by atoms with E-state index in [0.717, 1.165) is 12.8 Å². The second-order valence-electron chi connectivity index (χ2n) is 4.80. The Kier molecular flexibility index (Phi) is 4.16. The Balaban J connectivity index is 2.32. The van der Waals surface area contributed by atoms with E-state index in [-0.39, 0.29) is 29.7 Å². The zero-order chi connectivity index (χ0) is 14.7. The fraction of sp³-hybridized carbons (Fsp3) is 0.538. The maximum atomic E-state index is 11.8. The van der Waals surface area contributed by atoms with Crippen molar-refractivity contribution < 1.29 is 14.5 Å². The molecule has 0 radical (unpaired) electrons. The molecule has 1 unspecified atom stereocenters. The van der Waals surface area contributed by atoms with Crippen molar-refractivity contribution in [1.82, 2.24) is 4.98 Å². The van der Waals surface area contributed by atoms with Crippen LogP contribution in [0.15, 0.2) is 12.3 Å². The molecule has 1 saturated carbocycles. The first-order valence-electron chi connectivity index (χ1n) is 6.61. The van der Waals surface area contributed by atoms with Crippen LogP contribution in [0.5, 0.6) is 0 Å². The van der Waals surface area contributed by atoms with Crippen LogP contribution in [0.4, 0.5) is 11.5 Å². The van der Waals surface area contributed by atoms with Crippen LogP contribution in [0.25, 0.3) is 0 Å².